The molecule has 0 aliphatic rings. The van der Waals surface area contributed by atoms with Crippen LogP contribution in [0, 0.1) is 5.92 Å². The zero-order valence-corrected chi connectivity index (χ0v) is 11.9. The normalized spacial score (nSPS) is 11.2. The number of ether oxygens (including phenoxy) is 1. The number of aryl methyl sites for hydroxylation is 1. The number of unbranched alkanes of at least 4 members (excludes halogenated alkanes) is 1. The van der Waals surface area contributed by atoms with Gasteiger partial charge in [-0.2, -0.15) is 0 Å². The number of hydrogen-bond acceptors (Lipinski definition) is 4. The van der Waals surface area contributed by atoms with Crippen LogP contribution in [0.1, 0.15) is 49.3 Å². The van der Waals surface area contributed by atoms with Crippen molar-refractivity contribution in [3.63, 3.8) is 0 Å². The van der Waals surface area contributed by atoms with Gasteiger partial charge in [-0.05, 0) is 31.6 Å². The minimum absolute atomic E-state index is 0.0902. The molecule has 108 valence electrons. The fraction of sp³-hybridized carbons (Fsp3) is 0.769. The molecule has 0 aromatic carbocycles. The number of nitrogens with zero attached hydrogens (tertiary/aromatic N) is 3. The van der Waals surface area contributed by atoms with Crippen molar-refractivity contribution in [2.24, 2.45) is 5.92 Å². The third kappa shape index (κ3) is 4.98. The van der Waals surface area contributed by atoms with E-state index in [1.54, 1.807) is 11.8 Å². The Bertz CT molecular complexity index is 402. The predicted octanol–water partition coefficient (Wildman–Crippen LogP) is 1.99. The Labute approximate surface area is 113 Å². The quantitative estimate of drug-likeness (QED) is 0.694. The Hall–Kier alpha value is -1.43. The summed E-state index contributed by atoms with van der Waals surface area (Å²) in [6, 6.07) is 0. The van der Waals surface area contributed by atoms with Crippen molar-refractivity contribution in [2.45, 2.75) is 46.1 Å². The Morgan fingerprint density at radius 1 is 1.42 bits per heavy atom. The van der Waals surface area contributed by atoms with Gasteiger partial charge in [-0.3, -0.25) is 0 Å². The zero-order chi connectivity index (χ0) is 14.3. The van der Waals surface area contributed by atoms with Crippen molar-refractivity contribution < 1.29 is 14.6 Å². The van der Waals surface area contributed by atoms with Gasteiger partial charge in [0.25, 0.3) is 0 Å². The van der Waals surface area contributed by atoms with Crippen LogP contribution >= 0.6 is 0 Å². The van der Waals surface area contributed by atoms with Crippen LogP contribution in [0.25, 0.3) is 0 Å². The van der Waals surface area contributed by atoms with Crippen molar-refractivity contribution in [2.75, 3.05) is 13.7 Å². The monoisotopic (exact) mass is 269 g/mol. The van der Waals surface area contributed by atoms with Crippen LogP contribution < -0.4 is 0 Å². The van der Waals surface area contributed by atoms with E-state index >= 15 is 0 Å². The van der Waals surface area contributed by atoms with E-state index in [9.17, 15) is 4.79 Å². The first-order chi connectivity index (χ1) is 9.06. The molecule has 6 heteroatoms. The molecule has 0 atom stereocenters. The Balaban J connectivity index is 2.70. The molecule has 0 saturated carbocycles. The molecule has 0 aliphatic carbocycles. The molecule has 1 N–H and O–H groups in total. The second kappa shape index (κ2) is 7.89. The van der Waals surface area contributed by atoms with Crippen molar-refractivity contribution in [3.8, 4) is 0 Å². The minimum Gasteiger partial charge on any atom is -0.476 e. The van der Waals surface area contributed by atoms with E-state index in [-0.39, 0.29) is 5.69 Å². The minimum atomic E-state index is -0.998. The maximum Gasteiger partial charge on any atom is 0.358 e. The number of rotatable bonds is 9. The molecule has 0 saturated heterocycles. The van der Waals surface area contributed by atoms with Gasteiger partial charge in [0.05, 0.1) is 5.69 Å². The highest BCUT2D eigenvalue weighted by Gasteiger charge is 2.18. The average molecular weight is 269 g/mol. The number of aromatic nitrogens is 3. The molecule has 0 spiro atoms. The number of hydrogen-bond donors (Lipinski definition) is 1. The lowest BCUT2D eigenvalue weighted by Crippen LogP contribution is -2.10. The maximum atomic E-state index is 11.1. The summed E-state index contributed by atoms with van der Waals surface area (Å²) in [6.45, 7) is 5.64. The largest absolute Gasteiger partial charge is 0.476 e. The van der Waals surface area contributed by atoms with Gasteiger partial charge < -0.3 is 9.84 Å². The standard InChI is InChI=1S/C13H23N3O3/c1-10(2)6-7-11-12(13(17)18)14-15-16(11)8-4-5-9-19-3/h10H,4-9H2,1-3H3,(H,17,18). The number of carboxylic acids is 1. The molecular weight excluding hydrogens is 246 g/mol. The van der Waals surface area contributed by atoms with Gasteiger partial charge in [-0.25, -0.2) is 9.48 Å². The molecule has 0 amide bonds. The van der Waals surface area contributed by atoms with Crippen molar-refractivity contribution in [1.82, 2.24) is 15.0 Å². The molecule has 0 radical (unpaired) electrons. The van der Waals surface area contributed by atoms with Crippen LogP contribution in [0.3, 0.4) is 0 Å². The lowest BCUT2D eigenvalue weighted by molar-refractivity contribution is 0.0689. The topological polar surface area (TPSA) is 77.2 Å². The summed E-state index contributed by atoms with van der Waals surface area (Å²) in [5.41, 5.74) is 0.825. The first-order valence-electron chi connectivity index (χ1n) is 6.70. The van der Waals surface area contributed by atoms with E-state index in [1.807, 2.05) is 0 Å². The summed E-state index contributed by atoms with van der Waals surface area (Å²) in [5.74, 6) is -0.472. The fourth-order valence-corrected chi connectivity index (χ4v) is 1.86. The van der Waals surface area contributed by atoms with Gasteiger partial charge >= 0.3 is 5.97 Å². The molecule has 1 rings (SSSR count). The SMILES string of the molecule is COCCCCn1nnc(C(=O)O)c1CCC(C)C. The van der Waals surface area contributed by atoms with E-state index < -0.39 is 5.97 Å². The Morgan fingerprint density at radius 3 is 2.74 bits per heavy atom. The first kappa shape index (κ1) is 15.6. The molecule has 0 bridgehead atoms. The molecule has 6 nitrogen and oxygen atoms in total. The molecular formula is C13H23N3O3. The van der Waals surface area contributed by atoms with Gasteiger partial charge in [-0.15, -0.1) is 5.10 Å². The van der Waals surface area contributed by atoms with E-state index in [0.29, 0.717) is 25.5 Å². The van der Waals surface area contributed by atoms with Crippen LogP contribution in [-0.4, -0.2) is 39.8 Å². The van der Waals surface area contributed by atoms with Crippen LogP contribution in [-0.2, 0) is 17.7 Å². The van der Waals surface area contributed by atoms with Crippen molar-refractivity contribution >= 4 is 5.97 Å². The second-order valence-corrected chi connectivity index (χ2v) is 5.05. The predicted molar refractivity (Wildman–Crippen MR) is 71.3 cm³/mol. The lowest BCUT2D eigenvalue weighted by atomic mass is 10.1. The average Bonchev–Trinajstić information content (AvgIpc) is 2.75. The van der Waals surface area contributed by atoms with Gasteiger partial charge in [0, 0.05) is 20.3 Å². The summed E-state index contributed by atoms with van der Waals surface area (Å²) in [6.07, 6.45) is 3.48. The Kier molecular flexibility index (Phi) is 6.49. The Morgan fingerprint density at radius 2 is 2.16 bits per heavy atom. The molecule has 1 aromatic rings. The molecule has 1 aromatic heterocycles. The molecule has 1 heterocycles. The van der Waals surface area contributed by atoms with Crippen LogP contribution in [0.5, 0.6) is 0 Å². The number of aromatic carboxylic acids is 1. The number of methoxy groups -OCH3 is 1. The highest BCUT2D eigenvalue weighted by molar-refractivity contribution is 5.86. The van der Waals surface area contributed by atoms with E-state index in [1.165, 1.54) is 0 Å². The summed E-state index contributed by atoms with van der Waals surface area (Å²) in [5, 5.41) is 16.9. The number of carbonyl (C=O) groups is 1. The third-order valence-electron chi connectivity index (χ3n) is 2.97. The summed E-state index contributed by atoms with van der Waals surface area (Å²) in [7, 11) is 1.67. The lowest BCUT2D eigenvalue weighted by Gasteiger charge is -2.08. The van der Waals surface area contributed by atoms with E-state index in [2.05, 4.69) is 24.2 Å². The molecule has 0 fully saturated rings. The highest BCUT2D eigenvalue weighted by Crippen LogP contribution is 2.13. The first-order valence-corrected chi connectivity index (χ1v) is 6.70. The van der Waals surface area contributed by atoms with Crippen LogP contribution in [0.15, 0.2) is 0 Å². The van der Waals surface area contributed by atoms with Crippen molar-refractivity contribution in [1.29, 1.82) is 0 Å². The summed E-state index contributed by atoms with van der Waals surface area (Å²) >= 11 is 0. The molecule has 0 unspecified atom stereocenters. The van der Waals surface area contributed by atoms with Crippen LogP contribution in [0.4, 0.5) is 0 Å². The van der Waals surface area contributed by atoms with E-state index in [0.717, 1.165) is 25.0 Å². The molecule has 0 aliphatic heterocycles. The fourth-order valence-electron chi connectivity index (χ4n) is 1.86. The summed E-state index contributed by atoms with van der Waals surface area (Å²) < 4.78 is 6.72. The highest BCUT2D eigenvalue weighted by atomic mass is 16.5. The zero-order valence-electron chi connectivity index (χ0n) is 11.9. The second-order valence-electron chi connectivity index (χ2n) is 5.05. The van der Waals surface area contributed by atoms with Gasteiger partial charge in [0.15, 0.2) is 5.69 Å². The van der Waals surface area contributed by atoms with Crippen molar-refractivity contribution in [3.05, 3.63) is 11.4 Å². The van der Waals surface area contributed by atoms with Gasteiger partial charge in [0.2, 0.25) is 0 Å². The van der Waals surface area contributed by atoms with Gasteiger partial charge in [0.1, 0.15) is 0 Å². The molecule has 19 heavy (non-hydrogen) atoms. The smallest absolute Gasteiger partial charge is 0.358 e. The summed E-state index contributed by atoms with van der Waals surface area (Å²) in [4.78, 5) is 11.1. The number of carboxylic acid groups (broad SMARTS) is 1. The third-order valence-corrected chi connectivity index (χ3v) is 2.97. The van der Waals surface area contributed by atoms with E-state index in [4.69, 9.17) is 9.84 Å². The van der Waals surface area contributed by atoms with Crippen LogP contribution in [0.2, 0.25) is 0 Å². The maximum absolute atomic E-state index is 11.1. The van der Waals surface area contributed by atoms with Gasteiger partial charge in [-0.1, -0.05) is 19.1 Å².